The quantitative estimate of drug-likeness (QED) is 0.763. The minimum absolute atomic E-state index is 0.117. The molecule has 2 atom stereocenters. The standard InChI is InChI=1S/C12H23NO3/c1-9(2)12(4,16)8-13-7-5-6-11(13,3)10(14)15/h9,16H,5-8H2,1-4H3,(H,14,15). The van der Waals surface area contributed by atoms with E-state index in [2.05, 4.69) is 0 Å². The number of aliphatic carboxylic acids is 1. The Morgan fingerprint density at radius 2 is 2.12 bits per heavy atom. The Kier molecular flexibility index (Phi) is 3.65. The van der Waals surface area contributed by atoms with E-state index in [0.717, 1.165) is 13.0 Å². The van der Waals surface area contributed by atoms with Gasteiger partial charge in [0.2, 0.25) is 0 Å². The van der Waals surface area contributed by atoms with Crippen LogP contribution in [0.1, 0.15) is 40.5 Å². The molecule has 2 N–H and O–H groups in total. The maximum Gasteiger partial charge on any atom is 0.323 e. The Morgan fingerprint density at radius 3 is 2.56 bits per heavy atom. The molecule has 4 heteroatoms. The van der Waals surface area contributed by atoms with Gasteiger partial charge in [-0.05, 0) is 39.2 Å². The molecule has 0 saturated carbocycles. The maximum absolute atomic E-state index is 11.3. The van der Waals surface area contributed by atoms with Gasteiger partial charge in [-0.15, -0.1) is 0 Å². The number of hydrogen-bond acceptors (Lipinski definition) is 3. The molecule has 1 fully saturated rings. The van der Waals surface area contributed by atoms with Crippen molar-refractivity contribution in [3.8, 4) is 0 Å². The predicted octanol–water partition coefficient (Wildman–Crippen LogP) is 1.33. The van der Waals surface area contributed by atoms with Crippen molar-refractivity contribution in [1.82, 2.24) is 4.90 Å². The number of hydrogen-bond donors (Lipinski definition) is 2. The Morgan fingerprint density at radius 1 is 1.56 bits per heavy atom. The molecule has 0 spiro atoms. The lowest BCUT2D eigenvalue weighted by Crippen LogP contribution is -2.54. The number of carboxylic acid groups (broad SMARTS) is 1. The van der Waals surface area contributed by atoms with Crippen molar-refractivity contribution in [2.24, 2.45) is 5.92 Å². The molecule has 1 saturated heterocycles. The summed E-state index contributed by atoms with van der Waals surface area (Å²) in [6.45, 7) is 8.61. The Hall–Kier alpha value is -0.610. The number of likely N-dealkylation sites (tertiary alicyclic amines) is 1. The van der Waals surface area contributed by atoms with E-state index in [1.807, 2.05) is 18.7 Å². The molecule has 0 aromatic rings. The molecular weight excluding hydrogens is 206 g/mol. The molecule has 0 aliphatic carbocycles. The fourth-order valence-electron chi connectivity index (χ4n) is 2.08. The van der Waals surface area contributed by atoms with Crippen LogP contribution in [0, 0.1) is 5.92 Å². The average molecular weight is 229 g/mol. The van der Waals surface area contributed by atoms with Crippen LogP contribution in [-0.4, -0.2) is 45.3 Å². The summed E-state index contributed by atoms with van der Waals surface area (Å²) in [6.07, 6.45) is 1.55. The second-order valence-corrected chi connectivity index (χ2v) is 5.62. The fourth-order valence-corrected chi connectivity index (χ4v) is 2.08. The van der Waals surface area contributed by atoms with Crippen molar-refractivity contribution in [3.63, 3.8) is 0 Å². The van der Waals surface area contributed by atoms with Gasteiger partial charge in [0, 0.05) is 6.54 Å². The largest absolute Gasteiger partial charge is 0.480 e. The highest BCUT2D eigenvalue weighted by Crippen LogP contribution is 2.32. The van der Waals surface area contributed by atoms with E-state index in [-0.39, 0.29) is 5.92 Å². The maximum atomic E-state index is 11.3. The first kappa shape index (κ1) is 13.5. The van der Waals surface area contributed by atoms with Crippen LogP contribution >= 0.6 is 0 Å². The first-order chi connectivity index (χ1) is 7.20. The highest BCUT2D eigenvalue weighted by molar-refractivity contribution is 5.78. The topological polar surface area (TPSA) is 60.8 Å². The summed E-state index contributed by atoms with van der Waals surface area (Å²) < 4.78 is 0. The second kappa shape index (κ2) is 4.34. The van der Waals surface area contributed by atoms with Gasteiger partial charge in [0.25, 0.3) is 0 Å². The van der Waals surface area contributed by atoms with E-state index < -0.39 is 17.1 Å². The number of nitrogens with zero attached hydrogens (tertiary/aromatic N) is 1. The van der Waals surface area contributed by atoms with Crippen LogP contribution in [0.5, 0.6) is 0 Å². The van der Waals surface area contributed by atoms with E-state index in [0.29, 0.717) is 13.0 Å². The van der Waals surface area contributed by atoms with Crippen molar-refractivity contribution in [3.05, 3.63) is 0 Å². The Labute approximate surface area is 97.3 Å². The lowest BCUT2D eigenvalue weighted by Gasteiger charge is -2.38. The van der Waals surface area contributed by atoms with Gasteiger partial charge in [-0.25, -0.2) is 0 Å². The number of rotatable bonds is 4. The van der Waals surface area contributed by atoms with E-state index in [1.54, 1.807) is 13.8 Å². The summed E-state index contributed by atoms with van der Waals surface area (Å²) in [7, 11) is 0. The molecule has 0 aromatic heterocycles. The third kappa shape index (κ3) is 2.38. The minimum atomic E-state index is -0.832. The number of carboxylic acids is 1. The zero-order valence-corrected chi connectivity index (χ0v) is 10.7. The van der Waals surface area contributed by atoms with E-state index in [9.17, 15) is 15.0 Å². The highest BCUT2D eigenvalue weighted by atomic mass is 16.4. The zero-order chi connectivity index (χ0) is 12.6. The summed E-state index contributed by atoms with van der Waals surface area (Å²) in [5.41, 5.74) is -1.64. The van der Waals surface area contributed by atoms with Crippen LogP contribution in [0.4, 0.5) is 0 Å². The van der Waals surface area contributed by atoms with Crippen LogP contribution in [0.2, 0.25) is 0 Å². The van der Waals surface area contributed by atoms with Crippen molar-refractivity contribution in [2.45, 2.75) is 51.7 Å². The molecule has 1 rings (SSSR count). The Bertz CT molecular complexity index is 275. The van der Waals surface area contributed by atoms with E-state index in [4.69, 9.17) is 0 Å². The van der Waals surface area contributed by atoms with Gasteiger partial charge >= 0.3 is 5.97 Å². The summed E-state index contributed by atoms with van der Waals surface area (Å²) in [6, 6.07) is 0. The summed E-state index contributed by atoms with van der Waals surface area (Å²) in [5.74, 6) is -0.671. The molecule has 0 amide bonds. The fraction of sp³-hybridized carbons (Fsp3) is 0.917. The first-order valence-corrected chi connectivity index (χ1v) is 5.91. The zero-order valence-electron chi connectivity index (χ0n) is 10.7. The van der Waals surface area contributed by atoms with Gasteiger partial charge < -0.3 is 10.2 Å². The van der Waals surface area contributed by atoms with Crippen LogP contribution < -0.4 is 0 Å². The number of β-amino-alcohol motifs (C(OH)–C–C–N with tert-alkyl or cyclic N) is 1. The van der Waals surface area contributed by atoms with Gasteiger partial charge in [0.05, 0.1) is 5.60 Å². The van der Waals surface area contributed by atoms with Crippen LogP contribution in [0.25, 0.3) is 0 Å². The smallest absolute Gasteiger partial charge is 0.323 e. The van der Waals surface area contributed by atoms with Crippen LogP contribution in [0.15, 0.2) is 0 Å². The number of carbonyl (C=O) groups is 1. The molecule has 1 aliphatic rings. The van der Waals surface area contributed by atoms with Crippen molar-refractivity contribution >= 4 is 5.97 Å². The Balaban J connectivity index is 2.78. The van der Waals surface area contributed by atoms with Crippen molar-refractivity contribution in [1.29, 1.82) is 0 Å². The van der Waals surface area contributed by atoms with Crippen LogP contribution in [0.3, 0.4) is 0 Å². The molecule has 1 heterocycles. The predicted molar refractivity (Wildman–Crippen MR) is 62.3 cm³/mol. The minimum Gasteiger partial charge on any atom is -0.480 e. The van der Waals surface area contributed by atoms with Gasteiger partial charge in [-0.2, -0.15) is 0 Å². The van der Waals surface area contributed by atoms with Crippen molar-refractivity contribution in [2.75, 3.05) is 13.1 Å². The third-order valence-electron chi connectivity index (χ3n) is 4.01. The lowest BCUT2D eigenvalue weighted by molar-refractivity contribution is -0.150. The SMILES string of the molecule is CC(C)C(C)(O)CN1CCCC1(C)C(=O)O. The summed E-state index contributed by atoms with van der Waals surface area (Å²) >= 11 is 0. The van der Waals surface area contributed by atoms with Crippen molar-refractivity contribution < 1.29 is 15.0 Å². The summed E-state index contributed by atoms with van der Waals surface area (Å²) in [5, 5.41) is 19.5. The molecule has 94 valence electrons. The third-order valence-corrected chi connectivity index (χ3v) is 4.01. The van der Waals surface area contributed by atoms with E-state index in [1.165, 1.54) is 0 Å². The molecule has 1 aliphatic heterocycles. The van der Waals surface area contributed by atoms with Gasteiger partial charge in [-0.3, -0.25) is 9.69 Å². The molecule has 0 radical (unpaired) electrons. The van der Waals surface area contributed by atoms with Gasteiger partial charge in [0.15, 0.2) is 0 Å². The molecule has 2 unspecified atom stereocenters. The molecule has 4 nitrogen and oxygen atoms in total. The summed E-state index contributed by atoms with van der Waals surface area (Å²) in [4.78, 5) is 13.2. The molecule has 0 bridgehead atoms. The highest BCUT2D eigenvalue weighted by Gasteiger charge is 2.45. The first-order valence-electron chi connectivity index (χ1n) is 5.91. The number of aliphatic hydroxyl groups is 1. The normalized spacial score (nSPS) is 30.6. The molecular formula is C12H23NO3. The second-order valence-electron chi connectivity index (χ2n) is 5.62. The molecule has 16 heavy (non-hydrogen) atoms. The average Bonchev–Trinajstić information content (AvgIpc) is 2.48. The lowest BCUT2D eigenvalue weighted by atomic mass is 9.90. The molecule has 0 aromatic carbocycles. The monoisotopic (exact) mass is 229 g/mol. The van der Waals surface area contributed by atoms with E-state index >= 15 is 0 Å². The van der Waals surface area contributed by atoms with Gasteiger partial charge in [0.1, 0.15) is 5.54 Å². The van der Waals surface area contributed by atoms with Crippen LogP contribution in [-0.2, 0) is 4.79 Å². The van der Waals surface area contributed by atoms with Gasteiger partial charge in [-0.1, -0.05) is 13.8 Å².